The molecule has 340 valence electrons. The minimum atomic E-state index is -1.73. The Kier molecular flexibility index (Phi) is 6.01. The van der Waals surface area contributed by atoms with Gasteiger partial charge in [0.1, 0.15) is 50.3 Å². The van der Waals surface area contributed by atoms with E-state index in [2.05, 4.69) is 33.0 Å². The summed E-state index contributed by atoms with van der Waals surface area (Å²) in [5.41, 5.74) is -6.07. The van der Waals surface area contributed by atoms with Gasteiger partial charge in [0.25, 0.3) is 5.91 Å². The van der Waals surface area contributed by atoms with Gasteiger partial charge < -0.3 is 39.9 Å². The van der Waals surface area contributed by atoms with Crippen LogP contribution >= 0.6 is 0 Å². The molecule has 14 aliphatic rings. The molecule has 1 saturated carbocycles. The number of hydrogen-bond acceptors (Lipinski definition) is 8. The lowest BCUT2D eigenvalue weighted by atomic mass is 9.39. The van der Waals surface area contributed by atoms with Gasteiger partial charge in [-0.1, -0.05) is 13.8 Å². The molecule has 2 N–H and O–H groups in total. The summed E-state index contributed by atoms with van der Waals surface area (Å²) in [4.78, 5) is 70.5. The molecule has 17 rings (SSSR count). The Bertz CT molecular complexity index is 3140. The summed E-state index contributed by atoms with van der Waals surface area (Å²) in [5, 5.41) is 33.8. The standard InChI is InChI=1S/C52H54N6O8/c1-44(2)19-15-25-29(65-44)13-11-27-33-36-50-28-12-14-30-26(16-20-45(3,4)66-30)35(28)58(64)38(50)47(7,8)31-23-48-17-9-21-54(48)42(61)51(31,53-40(48)59)39(50)56-41(60)49-18-10-22-55(49)43(62)52(36,56)32(24-49)46(5,6)37(33)57(63)34(25)27/h11-16,19-20,31-32,36,39,63H,9-10,17-18,21-24H2,1-8H3,(H,53,59)/t31-,32-,36+,39-,48?,49-,50-,51?,52+/m0/s1. The number of piperazine rings is 2. The number of fused-ring (bicyclic) bond motifs is 10. The van der Waals surface area contributed by atoms with Crippen molar-refractivity contribution in [1.82, 2.24) is 24.7 Å². The van der Waals surface area contributed by atoms with E-state index in [0.717, 1.165) is 4.74 Å². The highest BCUT2D eigenvalue weighted by Crippen LogP contribution is 2.81. The van der Waals surface area contributed by atoms with E-state index in [0.29, 0.717) is 113 Å². The first-order valence-corrected chi connectivity index (χ1v) is 24.1. The Morgan fingerprint density at radius 1 is 0.758 bits per heavy atom. The van der Waals surface area contributed by atoms with E-state index in [1.807, 2.05) is 86.1 Å². The fraction of sp³-hybridized carbons (Fsp3) is 0.558. The van der Waals surface area contributed by atoms with Gasteiger partial charge in [-0.3, -0.25) is 19.2 Å². The van der Waals surface area contributed by atoms with Gasteiger partial charge in [0.05, 0.1) is 28.2 Å². The van der Waals surface area contributed by atoms with E-state index in [-0.39, 0.29) is 23.6 Å². The first-order chi connectivity index (χ1) is 31.1. The van der Waals surface area contributed by atoms with Crippen LogP contribution in [0.4, 0.5) is 5.69 Å². The number of ether oxygens (including phenoxy) is 2. The first-order valence-electron chi connectivity index (χ1n) is 24.1. The molecule has 5 spiro atoms. The van der Waals surface area contributed by atoms with Crippen LogP contribution in [0.15, 0.2) is 36.4 Å². The molecule has 1 aromatic heterocycles. The predicted octanol–water partition coefficient (Wildman–Crippen LogP) is 5.79. The normalized spacial score (nSPS) is 40.5. The molecule has 13 heterocycles. The molecule has 14 heteroatoms. The van der Waals surface area contributed by atoms with Crippen LogP contribution in [0.25, 0.3) is 23.1 Å². The highest BCUT2D eigenvalue weighted by molar-refractivity contribution is 6.18. The first kappa shape index (κ1) is 38.3. The number of nitrogens with zero attached hydrogens (tertiary/aromatic N) is 5. The second-order valence-corrected chi connectivity index (χ2v) is 24.2. The topological polar surface area (TPSA) is 160 Å². The Hall–Kier alpha value is -5.79. The Morgan fingerprint density at radius 3 is 2.09 bits per heavy atom. The molecule has 0 radical (unpaired) electrons. The molecule has 4 bridgehead atoms. The van der Waals surface area contributed by atoms with Crippen molar-refractivity contribution < 1.29 is 38.6 Å². The molecular weight excluding hydrogens is 837 g/mol. The Morgan fingerprint density at radius 2 is 1.38 bits per heavy atom. The zero-order valence-corrected chi connectivity index (χ0v) is 38.6. The predicted molar refractivity (Wildman–Crippen MR) is 240 cm³/mol. The van der Waals surface area contributed by atoms with Crippen LogP contribution in [-0.4, -0.2) is 111 Å². The highest BCUT2D eigenvalue weighted by atomic mass is 16.5. The molecule has 9 saturated heterocycles. The van der Waals surface area contributed by atoms with Gasteiger partial charge in [-0.05, 0) is 134 Å². The van der Waals surface area contributed by atoms with E-state index in [1.165, 1.54) is 4.73 Å². The lowest BCUT2D eigenvalue weighted by molar-refractivity contribution is -0.367. The minimum absolute atomic E-state index is 0.176. The van der Waals surface area contributed by atoms with Crippen LogP contribution in [0.1, 0.15) is 128 Å². The van der Waals surface area contributed by atoms with E-state index in [9.17, 15) is 5.21 Å². The van der Waals surface area contributed by atoms with Crippen molar-refractivity contribution in [3.05, 3.63) is 69.6 Å². The second-order valence-electron chi connectivity index (χ2n) is 24.2. The summed E-state index contributed by atoms with van der Waals surface area (Å²) in [6, 6.07) is 6.54. The molecule has 2 aliphatic carbocycles. The maximum absolute atomic E-state index is 16.8. The van der Waals surface area contributed by atoms with Crippen molar-refractivity contribution in [3.8, 4) is 11.5 Å². The van der Waals surface area contributed by atoms with Crippen LogP contribution in [0, 0.1) is 22.5 Å². The van der Waals surface area contributed by atoms with Crippen molar-refractivity contribution in [3.63, 3.8) is 0 Å². The zero-order valence-electron chi connectivity index (χ0n) is 38.6. The van der Waals surface area contributed by atoms with Crippen molar-refractivity contribution in [2.75, 3.05) is 13.1 Å². The fourth-order valence-electron chi connectivity index (χ4n) is 18.0. The van der Waals surface area contributed by atoms with E-state index in [1.54, 1.807) is 4.90 Å². The van der Waals surface area contributed by atoms with Gasteiger partial charge >= 0.3 is 0 Å². The number of benzene rings is 2. The molecule has 2 unspecified atom stereocenters. The lowest BCUT2D eigenvalue weighted by Crippen LogP contribution is -2.93. The number of aromatic nitrogens is 1. The summed E-state index contributed by atoms with van der Waals surface area (Å²) >= 11 is 0. The van der Waals surface area contributed by atoms with Gasteiger partial charge in [-0.15, -0.1) is 0 Å². The summed E-state index contributed by atoms with van der Waals surface area (Å²) in [6.07, 6.45) is 10.8. The van der Waals surface area contributed by atoms with E-state index < -0.39 is 73.4 Å². The van der Waals surface area contributed by atoms with Crippen molar-refractivity contribution in [2.45, 2.75) is 150 Å². The third-order valence-corrected chi connectivity index (χ3v) is 20.0. The van der Waals surface area contributed by atoms with Crippen LogP contribution in [0.2, 0.25) is 0 Å². The van der Waals surface area contributed by atoms with Crippen molar-refractivity contribution in [1.29, 1.82) is 0 Å². The lowest BCUT2D eigenvalue weighted by Gasteiger charge is -2.70. The molecule has 3 aromatic rings. The third kappa shape index (κ3) is 3.39. The summed E-state index contributed by atoms with van der Waals surface area (Å²) in [6.45, 7) is 17.0. The average Bonchev–Trinajstić information content (AvgIpc) is 4.05. The highest BCUT2D eigenvalue weighted by Gasteiger charge is 2.95. The van der Waals surface area contributed by atoms with Gasteiger partial charge in [0.2, 0.25) is 23.4 Å². The van der Waals surface area contributed by atoms with E-state index in [4.69, 9.17) is 9.47 Å². The zero-order chi connectivity index (χ0) is 45.8. The molecule has 2 aromatic carbocycles. The molecule has 14 nitrogen and oxygen atoms in total. The van der Waals surface area contributed by atoms with Gasteiger partial charge in [0.15, 0.2) is 5.71 Å². The molecule has 66 heavy (non-hydrogen) atoms. The van der Waals surface area contributed by atoms with Gasteiger partial charge in [0, 0.05) is 52.8 Å². The second kappa shape index (κ2) is 10.4. The number of amides is 4. The Labute approximate surface area is 381 Å². The number of rotatable bonds is 0. The van der Waals surface area contributed by atoms with Gasteiger partial charge in [-0.25, -0.2) is 0 Å². The van der Waals surface area contributed by atoms with Crippen molar-refractivity contribution in [2.24, 2.45) is 17.3 Å². The van der Waals surface area contributed by atoms with Crippen LogP contribution in [0.5, 0.6) is 11.5 Å². The maximum Gasteiger partial charge on any atom is 0.251 e. The number of carbonyl (C=O) groups excluding carboxylic acids is 4. The Balaban J connectivity index is 1.16. The number of nitrogens with one attached hydrogen (secondary N) is 1. The van der Waals surface area contributed by atoms with Crippen LogP contribution in [-0.2, 0) is 30.0 Å². The monoisotopic (exact) mass is 890 g/mol. The SMILES string of the molecule is CC1(C)C=Cc2c(ccc3c2[N+]([O-])=C2C(C)(C)[C@@H]4CC56CCCN5C(=O)C4(NC6=O)[C@H]4N5C(=O)[C@@]67CCCN6C(=O)[C@@]56[C@H](c5c(n(O)c8c9c(ccc58)OC(C)(C)C=C9)C(C)(C)[C@@H]6C7)[C@]234)O1. The quantitative estimate of drug-likeness (QED) is 0.163. The van der Waals surface area contributed by atoms with E-state index >= 15 is 24.4 Å². The summed E-state index contributed by atoms with van der Waals surface area (Å²) in [7, 11) is 0. The minimum Gasteiger partial charge on any atom is -0.618 e. The molecular formula is C52H54N6O8. The molecule has 12 aliphatic heterocycles. The molecule has 4 amide bonds. The van der Waals surface area contributed by atoms with Crippen molar-refractivity contribution >= 4 is 58.1 Å². The fourth-order valence-corrected chi connectivity index (χ4v) is 18.0. The largest absolute Gasteiger partial charge is 0.618 e. The smallest absolute Gasteiger partial charge is 0.251 e. The number of hydrogen-bond donors (Lipinski definition) is 2. The van der Waals surface area contributed by atoms with Crippen LogP contribution < -0.4 is 14.8 Å². The van der Waals surface area contributed by atoms with Gasteiger partial charge in [-0.2, -0.15) is 9.47 Å². The maximum atomic E-state index is 16.8. The number of carbonyl (C=O) groups is 4. The summed E-state index contributed by atoms with van der Waals surface area (Å²) < 4.78 is 15.5. The van der Waals surface area contributed by atoms with Crippen LogP contribution in [0.3, 0.4) is 0 Å². The molecule has 10 fully saturated rings. The third-order valence-electron chi connectivity index (χ3n) is 20.0. The summed E-state index contributed by atoms with van der Waals surface area (Å²) in [5.74, 6) is -1.92. The number of piperidine rings is 4. The molecule has 9 atom stereocenters. The average molecular weight is 891 g/mol.